The predicted molar refractivity (Wildman–Crippen MR) is 156 cm³/mol. The normalized spacial score (nSPS) is 21.0. The molecule has 2 N–H and O–H groups in total. The summed E-state index contributed by atoms with van der Waals surface area (Å²) >= 11 is 0. The molecule has 5 rings (SSSR count). The lowest BCUT2D eigenvalue weighted by Gasteiger charge is -2.41. The summed E-state index contributed by atoms with van der Waals surface area (Å²) in [6.07, 6.45) is 11.9. The number of hydrogen-bond acceptors (Lipinski definition) is 4. The Labute approximate surface area is 232 Å². The van der Waals surface area contributed by atoms with Crippen molar-refractivity contribution in [2.24, 2.45) is 5.92 Å². The van der Waals surface area contributed by atoms with E-state index in [-0.39, 0.29) is 23.8 Å². The highest BCUT2D eigenvalue weighted by Gasteiger charge is 2.42. The lowest BCUT2D eigenvalue weighted by atomic mass is 9.85. The molecule has 39 heavy (non-hydrogen) atoms. The molecule has 3 amide bonds. The molecule has 0 aromatic heterocycles. The molecule has 6 nitrogen and oxygen atoms in total. The van der Waals surface area contributed by atoms with Gasteiger partial charge in [0, 0.05) is 23.7 Å². The molecule has 2 atom stereocenters. The van der Waals surface area contributed by atoms with Crippen LogP contribution < -0.4 is 10.6 Å². The van der Waals surface area contributed by atoms with E-state index in [1.54, 1.807) is 6.07 Å². The van der Waals surface area contributed by atoms with Gasteiger partial charge in [0.1, 0.15) is 6.04 Å². The van der Waals surface area contributed by atoms with Crippen molar-refractivity contribution in [1.82, 2.24) is 4.90 Å². The molecule has 6 heteroatoms. The van der Waals surface area contributed by atoms with Gasteiger partial charge in [-0.1, -0.05) is 75.8 Å². The largest absolute Gasteiger partial charge is 0.398 e. The fourth-order valence-corrected chi connectivity index (χ4v) is 7.19. The maximum absolute atomic E-state index is 14.6. The highest BCUT2D eigenvalue weighted by molar-refractivity contribution is 6.22. The Balaban J connectivity index is 1.55. The Morgan fingerprint density at radius 1 is 0.949 bits per heavy atom. The van der Waals surface area contributed by atoms with E-state index in [1.165, 1.54) is 30.6 Å². The van der Waals surface area contributed by atoms with Crippen molar-refractivity contribution in [3.05, 3.63) is 48.0 Å². The van der Waals surface area contributed by atoms with E-state index in [9.17, 15) is 14.4 Å². The number of nitrogen functional groups attached to an aromatic ring is 1. The minimum atomic E-state index is -0.684. The third kappa shape index (κ3) is 5.35. The van der Waals surface area contributed by atoms with E-state index in [0.717, 1.165) is 49.7 Å². The van der Waals surface area contributed by atoms with Gasteiger partial charge in [-0.2, -0.15) is 0 Å². The summed E-state index contributed by atoms with van der Waals surface area (Å²) < 4.78 is 0. The molecule has 3 aliphatic rings. The molecule has 0 radical (unpaired) electrons. The summed E-state index contributed by atoms with van der Waals surface area (Å²) in [6.45, 7) is 3.82. The van der Waals surface area contributed by atoms with Crippen LogP contribution in [0.15, 0.2) is 42.5 Å². The smallest absolute Gasteiger partial charge is 0.256 e. The molecule has 1 aliphatic heterocycles. The quantitative estimate of drug-likeness (QED) is 0.416. The number of imide groups is 1. The molecule has 208 valence electrons. The number of nitrogens with two attached hydrogens (primary N) is 1. The van der Waals surface area contributed by atoms with Gasteiger partial charge >= 0.3 is 0 Å². The van der Waals surface area contributed by atoms with Gasteiger partial charge in [-0.3, -0.25) is 14.4 Å². The number of benzene rings is 2. The van der Waals surface area contributed by atoms with Crippen molar-refractivity contribution in [3.8, 4) is 11.1 Å². The van der Waals surface area contributed by atoms with Crippen molar-refractivity contribution in [2.75, 3.05) is 10.6 Å². The maximum atomic E-state index is 14.6. The van der Waals surface area contributed by atoms with E-state index >= 15 is 0 Å². The lowest BCUT2D eigenvalue weighted by Crippen LogP contribution is -2.57. The Morgan fingerprint density at radius 2 is 1.62 bits per heavy atom. The molecular formula is C33H43N3O3. The predicted octanol–water partition coefficient (Wildman–Crippen LogP) is 6.82. The summed E-state index contributed by atoms with van der Waals surface area (Å²) in [5, 5.41) is 0. The summed E-state index contributed by atoms with van der Waals surface area (Å²) in [7, 11) is 0. The van der Waals surface area contributed by atoms with Gasteiger partial charge in [-0.25, -0.2) is 4.90 Å². The first-order chi connectivity index (χ1) is 18.9. The van der Waals surface area contributed by atoms with Crippen LogP contribution in [-0.4, -0.2) is 34.7 Å². The van der Waals surface area contributed by atoms with Crippen LogP contribution in [0.3, 0.4) is 0 Å². The third-order valence-corrected chi connectivity index (χ3v) is 9.28. The van der Waals surface area contributed by atoms with E-state index in [4.69, 9.17) is 5.73 Å². The van der Waals surface area contributed by atoms with Crippen molar-refractivity contribution in [3.63, 3.8) is 0 Å². The number of rotatable bonds is 6. The number of amides is 3. The molecule has 0 bridgehead atoms. The Hall–Kier alpha value is -3.15. The van der Waals surface area contributed by atoms with Gasteiger partial charge in [-0.05, 0) is 68.2 Å². The molecule has 0 saturated heterocycles. The number of fused-ring (bicyclic) bond motifs is 3. The van der Waals surface area contributed by atoms with Crippen LogP contribution in [0.25, 0.3) is 11.1 Å². The Kier molecular flexibility index (Phi) is 8.39. The van der Waals surface area contributed by atoms with Crippen LogP contribution in [0.2, 0.25) is 0 Å². The zero-order valence-corrected chi connectivity index (χ0v) is 23.5. The van der Waals surface area contributed by atoms with E-state index in [2.05, 4.69) is 0 Å². The second-order valence-corrected chi connectivity index (χ2v) is 11.8. The number of hydrogen-bond donors (Lipinski definition) is 1. The number of nitrogens with zero attached hydrogens (tertiary/aromatic N) is 2. The van der Waals surface area contributed by atoms with Crippen LogP contribution in [-0.2, 0) is 14.4 Å². The Morgan fingerprint density at radius 3 is 2.31 bits per heavy atom. The molecule has 2 aliphatic carbocycles. The third-order valence-electron chi connectivity index (χ3n) is 9.28. The van der Waals surface area contributed by atoms with Crippen molar-refractivity contribution >= 4 is 29.1 Å². The molecule has 1 heterocycles. The van der Waals surface area contributed by atoms with E-state index in [0.29, 0.717) is 35.7 Å². The first kappa shape index (κ1) is 27.4. The van der Waals surface area contributed by atoms with Gasteiger partial charge in [0.05, 0.1) is 11.6 Å². The topological polar surface area (TPSA) is 83.7 Å². The minimum absolute atomic E-state index is 0.0424. The van der Waals surface area contributed by atoms with Gasteiger partial charge < -0.3 is 10.6 Å². The first-order valence-electron chi connectivity index (χ1n) is 15.1. The minimum Gasteiger partial charge on any atom is -0.398 e. The fraction of sp³-hybridized carbons (Fsp3) is 0.545. The van der Waals surface area contributed by atoms with Crippen LogP contribution in [0.1, 0.15) is 102 Å². The van der Waals surface area contributed by atoms with Crippen LogP contribution in [0.4, 0.5) is 11.4 Å². The second kappa shape index (κ2) is 11.9. The summed E-state index contributed by atoms with van der Waals surface area (Å²) in [4.78, 5) is 46.0. The lowest BCUT2D eigenvalue weighted by molar-refractivity contribution is -0.145. The van der Waals surface area contributed by atoms with Crippen molar-refractivity contribution < 1.29 is 14.4 Å². The Bertz CT molecular complexity index is 1210. The van der Waals surface area contributed by atoms with Gasteiger partial charge in [0.2, 0.25) is 11.8 Å². The van der Waals surface area contributed by atoms with Crippen molar-refractivity contribution in [1.29, 1.82) is 0 Å². The monoisotopic (exact) mass is 529 g/mol. The average molecular weight is 530 g/mol. The summed E-state index contributed by atoms with van der Waals surface area (Å²) in [5.74, 6) is -0.620. The van der Waals surface area contributed by atoms with Crippen molar-refractivity contribution in [2.45, 2.75) is 109 Å². The molecule has 2 saturated carbocycles. The second-order valence-electron chi connectivity index (χ2n) is 11.8. The SMILES string of the molecule is CC[C@@H](C(=O)N1C(=O)C(C)c2ccccc2-c2c(N)cccc21)N(C(=O)CC1CCCCC1)C1CCCCC1. The molecule has 0 spiro atoms. The summed E-state index contributed by atoms with van der Waals surface area (Å²) in [5.41, 5.74) is 10.0. The van der Waals surface area contributed by atoms with Crippen LogP contribution >= 0.6 is 0 Å². The van der Waals surface area contributed by atoms with Crippen LogP contribution in [0, 0.1) is 5.92 Å². The molecular weight excluding hydrogens is 486 g/mol. The number of carbonyl (C=O) groups excluding carboxylic acids is 3. The summed E-state index contributed by atoms with van der Waals surface area (Å²) in [6, 6.07) is 12.6. The van der Waals surface area contributed by atoms with Gasteiger partial charge in [0.15, 0.2) is 0 Å². The molecule has 2 aromatic carbocycles. The van der Waals surface area contributed by atoms with E-state index in [1.807, 2.05) is 55.1 Å². The zero-order chi connectivity index (χ0) is 27.5. The highest BCUT2D eigenvalue weighted by Crippen LogP contribution is 2.44. The first-order valence-corrected chi connectivity index (χ1v) is 15.1. The van der Waals surface area contributed by atoms with E-state index < -0.39 is 12.0 Å². The average Bonchev–Trinajstić information content (AvgIpc) is 3.05. The zero-order valence-electron chi connectivity index (χ0n) is 23.5. The standard InChI is InChI=1S/C33H43N3O3/c1-3-28(35(24-15-8-5-9-16-24)30(37)21-23-13-6-4-7-14-23)33(39)36-29-20-12-19-27(34)31(29)26-18-11-10-17-25(26)22(2)32(36)38/h10-12,17-20,22-24,28H,3-9,13-16,21,34H2,1-2H3/t22?,28-/m0/s1. The molecule has 2 fully saturated rings. The van der Waals surface area contributed by atoms with Gasteiger partial charge in [-0.15, -0.1) is 0 Å². The van der Waals surface area contributed by atoms with Crippen LogP contribution in [0.5, 0.6) is 0 Å². The fourth-order valence-electron chi connectivity index (χ4n) is 7.19. The molecule has 2 aromatic rings. The molecule has 1 unspecified atom stereocenters. The maximum Gasteiger partial charge on any atom is 0.256 e. The number of anilines is 2. The number of carbonyl (C=O) groups is 3. The van der Waals surface area contributed by atoms with Gasteiger partial charge in [0.25, 0.3) is 5.91 Å². The highest BCUT2D eigenvalue weighted by atomic mass is 16.2.